The number of rotatable bonds is 3. The zero-order chi connectivity index (χ0) is 15.6. The Balaban J connectivity index is 2.55. The number of hydrogen-bond donors (Lipinski definition) is 2. The average Bonchev–Trinajstić information content (AvgIpc) is 2.96. The number of allylic oxidation sites excluding steroid dienone is 1. The highest BCUT2D eigenvalue weighted by molar-refractivity contribution is 9.10. The van der Waals surface area contributed by atoms with Crippen LogP contribution in [0.1, 0.15) is 5.56 Å². The number of phenols is 2. The van der Waals surface area contributed by atoms with Crippen molar-refractivity contribution in [3.63, 3.8) is 0 Å². The lowest BCUT2D eigenvalue weighted by molar-refractivity contribution is 0.401. The summed E-state index contributed by atoms with van der Waals surface area (Å²) in [7, 11) is -3.88. The molecule has 0 aliphatic heterocycles. The third kappa shape index (κ3) is 3.10. The molecule has 2 rings (SSSR count). The standard InChI is InChI=1S/C13H8BrNO4S2/c14-10-5-8(6-11(16)13(10)17)4-9(7-15)21(18,19)12-2-1-3-20-12/h1-6,16-17H. The minimum Gasteiger partial charge on any atom is -0.504 e. The van der Waals surface area contributed by atoms with Gasteiger partial charge < -0.3 is 10.2 Å². The molecule has 0 aliphatic rings. The van der Waals surface area contributed by atoms with E-state index in [2.05, 4.69) is 15.9 Å². The van der Waals surface area contributed by atoms with Gasteiger partial charge in [-0.2, -0.15) is 5.26 Å². The fourth-order valence-electron chi connectivity index (χ4n) is 1.53. The van der Waals surface area contributed by atoms with Gasteiger partial charge in [-0.05, 0) is 51.1 Å². The molecule has 0 saturated carbocycles. The summed E-state index contributed by atoms with van der Waals surface area (Å²) in [4.78, 5) is -0.443. The Morgan fingerprint density at radius 2 is 2.10 bits per heavy atom. The number of halogens is 1. The second kappa shape index (κ2) is 5.89. The van der Waals surface area contributed by atoms with Gasteiger partial charge in [-0.1, -0.05) is 6.07 Å². The van der Waals surface area contributed by atoms with Crippen molar-refractivity contribution in [1.82, 2.24) is 0 Å². The van der Waals surface area contributed by atoms with Crippen LogP contribution in [-0.4, -0.2) is 18.6 Å². The lowest BCUT2D eigenvalue weighted by Crippen LogP contribution is -2.01. The molecule has 2 aromatic rings. The van der Waals surface area contributed by atoms with E-state index >= 15 is 0 Å². The van der Waals surface area contributed by atoms with Crippen LogP contribution >= 0.6 is 27.3 Å². The van der Waals surface area contributed by atoms with Crippen LogP contribution in [0.4, 0.5) is 0 Å². The van der Waals surface area contributed by atoms with E-state index in [1.807, 2.05) is 0 Å². The number of thiophene rings is 1. The topological polar surface area (TPSA) is 98.4 Å². The second-order valence-electron chi connectivity index (χ2n) is 3.93. The predicted molar refractivity (Wildman–Crippen MR) is 82.6 cm³/mol. The Kier molecular flexibility index (Phi) is 4.37. The molecule has 1 heterocycles. The zero-order valence-electron chi connectivity index (χ0n) is 10.3. The maximum Gasteiger partial charge on any atom is 0.226 e. The zero-order valence-corrected chi connectivity index (χ0v) is 13.5. The molecule has 0 radical (unpaired) electrons. The molecule has 0 atom stereocenters. The molecule has 21 heavy (non-hydrogen) atoms. The lowest BCUT2D eigenvalue weighted by Gasteiger charge is -2.04. The number of aromatic hydroxyl groups is 2. The van der Waals surface area contributed by atoms with E-state index in [-0.39, 0.29) is 20.0 Å². The van der Waals surface area contributed by atoms with Gasteiger partial charge in [-0.3, -0.25) is 0 Å². The van der Waals surface area contributed by atoms with Crippen molar-refractivity contribution in [3.8, 4) is 17.6 Å². The summed E-state index contributed by atoms with van der Waals surface area (Å²) >= 11 is 4.04. The second-order valence-corrected chi connectivity index (χ2v) is 7.87. The predicted octanol–water partition coefficient (Wildman–Crippen LogP) is 3.26. The van der Waals surface area contributed by atoms with Gasteiger partial charge in [-0.25, -0.2) is 8.42 Å². The molecule has 0 aliphatic carbocycles. The van der Waals surface area contributed by atoms with Crippen molar-refractivity contribution in [2.45, 2.75) is 4.21 Å². The number of phenolic OH excluding ortho intramolecular Hbond substituents is 2. The smallest absolute Gasteiger partial charge is 0.226 e. The van der Waals surface area contributed by atoms with Crippen LogP contribution in [0.25, 0.3) is 6.08 Å². The van der Waals surface area contributed by atoms with Gasteiger partial charge in [0.2, 0.25) is 9.84 Å². The highest BCUT2D eigenvalue weighted by Crippen LogP contribution is 2.35. The molecule has 2 N–H and O–H groups in total. The molecule has 8 heteroatoms. The van der Waals surface area contributed by atoms with Crippen molar-refractivity contribution in [2.24, 2.45) is 0 Å². The Hall–Kier alpha value is -1.82. The van der Waals surface area contributed by atoms with E-state index in [1.54, 1.807) is 17.5 Å². The first kappa shape index (κ1) is 15.6. The van der Waals surface area contributed by atoms with E-state index < -0.39 is 20.5 Å². The number of nitrogens with zero attached hydrogens (tertiary/aromatic N) is 1. The monoisotopic (exact) mass is 385 g/mol. The van der Waals surface area contributed by atoms with Crippen LogP contribution in [0.3, 0.4) is 0 Å². The minimum atomic E-state index is -3.88. The Labute approximate surface area is 133 Å². The molecule has 0 bridgehead atoms. The van der Waals surface area contributed by atoms with Crippen molar-refractivity contribution >= 4 is 43.2 Å². The van der Waals surface area contributed by atoms with Gasteiger partial charge in [0.05, 0.1) is 4.47 Å². The average molecular weight is 386 g/mol. The normalized spacial score (nSPS) is 12.1. The van der Waals surface area contributed by atoms with E-state index in [0.717, 1.165) is 17.4 Å². The highest BCUT2D eigenvalue weighted by Gasteiger charge is 2.22. The van der Waals surface area contributed by atoms with Gasteiger partial charge in [0.1, 0.15) is 10.3 Å². The maximum atomic E-state index is 12.3. The molecule has 0 fully saturated rings. The first-order valence-corrected chi connectivity index (χ1v) is 8.63. The molecule has 0 saturated heterocycles. The lowest BCUT2D eigenvalue weighted by atomic mass is 10.2. The Morgan fingerprint density at radius 3 is 2.62 bits per heavy atom. The van der Waals surface area contributed by atoms with Crippen LogP contribution in [0.15, 0.2) is 43.2 Å². The molecule has 108 valence electrons. The molecular weight excluding hydrogens is 378 g/mol. The number of sulfone groups is 1. The largest absolute Gasteiger partial charge is 0.504 e. The molecule has 1 aromatic heterocycles. The summed E-state index contributed by atoms with van der Waals surface area (Å²) in [5, 5.41) is 29.6. The van der Waals surface area contributed by atoms with Crippen LogP contribution in [0.2, 0.25) is 0 Å². The first-order chi connectivity index (χ1) is 9.86. The molecule has 5 nitrogen and oxygen atoms in total. The third-order valence-corrected chi connectivity index (χ3v) is 6.19. The molecule has 0 unspecified atom stereocenters. The van der Waals surface area contributed by atoms with Gasteiger partial charge in [-0.15, -0.1) is 11.3 Å². The number of hydrogen-bond acceptors (Lipinski definition) is 6. The van der Waals surface area contributed by atoms with Gasteiger partial charge in [0, 0.05) is 0 Å². The van der Waals surface area contributed by atoms with E-state index in [0.29, 0.717) is 0 Å². The van der Waals surface area contributed by atoms with Gasteiger partial charge in [0.15, 0.2) is 16.4 Å². The highest BCUT2D eigenvalue weighted by atomic mass is 79.9. The van der Waals surface area contributed by atoms with E-state index in [4.69, 9.17) is 5.26 Å². The molecule has 0 spiro atoms. The Bertz CT molecular complexity index is 826. The van der Waals surface area contributed by atoms with E-state index in [9.17, 15) is 18.6 Å². The summed E-state index contributed by atoms with van der Waals surface area (Å²) in [6, 6.07) is 7.21. The maximum absolute atomic E-state index is 12.3. The van der Waals surface area contributed by atoms with Crippen LogP contribution < -0.4 is 0 Å². The van der Waals surface area contributed by atoms with Crippen molar-refractivity contribution < 1.29 is 18.6 Å². The SMILES string of the molecule is N#CC(=Cc1cc(O)c(O)c(Br)c1)S(=O)(=O)c1cccs1. The fourth-order valence-corrected chi connectivity index (χ4v) is 4.28. The summed E-state index contributed by atoms with van der Waals surface area (Å²) < 4.78 is 24.8. The van der Waals surface area contributed by atoms with Crippen molar-refractivity contribution in [3.05, 3.63) is 44.6 Å². The fraction of sp³-hybridized carbons (Fsp3) is 0. The summed E-state index contributed by atoms with van der Waals surface area (Å²) in [5.74, 6) is -0.770. The van der Waals surface area contributed by atoms with Gasteiger partial charge in [0.25, 0.3) is 0 Å². The van der Waals surface area contributed by atoms with Gasteiger partial charge >= 0.3 is 0 Å². The molecular formula is C13H8BrNO4S2. The quantitative estimate of drug-likeness (QED) is 0.623. The van der Waals surface area contributed by atoms with Crippen molar-refractivity contribution in [2.75, 3.05) is 0 Å². The number of benzene rings is 1. The van der Waals surface area contributed by atoms with Crippen LogP contribution in [0, 0.1) is 11.3 Å². The first-order valence-electron chi connectivity index (χ1n) is 5.48. The van der Waals surface area contributed by atoms with Crippen molar-refractivity contribution in [1.29, 1.82) is 5.26 Å². The summed E-state index contributed by atoms with van der Waals surface area (Å²) in [6.07, 6.45) is 1.14. The third-order valence-electron chi connectivity index (χ3n) is 2.52. The number of nitriles is 1. The molecule has 0 amide bonds. The van der Waals surface area contributed by atoms with Crippen LogP contribution in [-0.2, 0) is 9.84 Å². The van der Waals surface area contributed by atoms with E-state index in [1.165, 1.54) is 18.2 Å². The summed E-state index contributed by atoms with van der Waals surface area (Å²) in [5.41, 5.74) is 0.272. The Morgan fingerprint density at radius 1 is 1.38 bits per heavy atom. The van der Waals surface area contributed by atoms with Crippen LogP contribution in [0.5, 0.6) is 11.5 Å². The minimum absolute atomic E-state index is 0.0670. The molecule has 1 aromatic carbocycles. The summed E-state index contributed by atoms with van der Waals surface area (Å²) in [6.45, 7) is 0.